The Morgan fingerprint density at radius 3 is 2.48 bits per heavy atom. The number of aromatic nitrogens is 3. The molecule has 1 N–H and O–H groups in total. The summed E-state index contributed by atoms with van der Waals surface area (Å²) in [7, 11) is 0. The molecule has 8 heteroatoms. The first kappa shape index (κ1) is 20.3. The number of benzene rings is 1. The summed E-state index contributed by atoms with van der Waals surface area (Å²) < 4.78 is 17.5. The topological polar surface area (TPSA) is 72.2 Å². The summed E-state index contributed by atoms with van der Waals surface area (Å²) in [5.74, 6) is -0.628. The standard InChI is InChI=1S/C21H24FN5O2/c1-4-25(14-19(28)24-15(2)3)21(29)16-13-23-27(18-10-6-5-9-17(18)22)20(16)26-11-7-8-12-26/h5-13,15H,4,14H2,1-3H3,(H,24,28). The second-order valence-electron chi connectivity index (χ2n) is 6.88. The summed E-state index contributed by atoms with van der Waals surface area (Å²) in [6.07, 6.45) is 4.92. The number of rotatable bonds is 7. The Balaban J connectivity index is 2.02. The third-order valence-electron chi connectivity index (χ3n) is 4.36. The van der Waals surface area contributed by atoms with E-state index in [1.807, 2.05) is 13.8 Å². The van der Waals surface area contributed by atoms with Gasteiger partial charge in [-0.05, 0) is 45.0 Å². The molecule has 0 atom stereocenters. The minimum absolute atomic E-state index is 0.0180. The lowest BCUT2D eigenvalue weighted by Crippen LogP contribution is -2.42. The summed E-state index contributed by atoms with van der Waals surface area (Å²) in [6, 6.07) is 9.83. The van der Waals surface area contributed by atoms with E-state index in [9.17, 15) is 14.0 Å². The number of carbonyl (C=O) groups excluding carboxylic acids is 2. The highest BCUT2D eigenvalue weighted by Crippen LogP contribution is 2.23. The maximum Gasteiger partial charge on any atom is 0.259 e. The van der Waals surface area contributed by atoms with E-state index in [1.54, 1.807) is 54.2 Å². The van der Waals surface area contributed by atoms with Crippen molar-refractivity contribution >= 4 is 11.8 Å². The third-order valence-corrected chi connectivity index (χ3v) is 4.36. The van der Waals surface area contributed by atoms with Crippen LogP contribution in [0.1, 0.15) is 31.1 Å². The van der Waals surface area contributed by atoms with E-state index in [4.69, 9.17) is 0 Å². The van der Waals surface area contributed by atoms with Crippen molar-refractivity contribution in [2.24, 2.45) is 0 Å². The molecular weight excluding hydrogens is 373 g/mol. The van der Waals surface area contributed by atoms with E-state index in [2.05, 4.69) is 10.4 Å². The van der Waals surface area contributed by atoms with Gasteiger partial charge in [0.15, 0.2) is 5.82 Å². The average molecular weight is 397 g/mol. The van der Waals surface area contributed by atoms with E-state index in [1.165, 1.54) is 21.8 Å². The molecule has 2 aromatic heterocycles. The van der Waals surface area contributed by atoms with E-state index >= 15 is 0 Å². The van der Waals surface area contributed by atoms with Crippen LogP contribution in [0.15, 0.2) is 55.0 Å². The lowest BCUT2D eigenvalue weighted by Gasteiger charge is -2.21. The van der Waals surface area contributed by atoms with Crippen molar-refractivity contribution in [1.82, 2.24) is 24.6 Å². The Labute approximate surface area is 168 Å². The first-order chi connectivity index (χ1) is 13.9. The predicted molar refractivity (Wildman–Crippen MR) is 108 cm³/mol. The molecule has 0 saturated heterocycles. The van der Waals surface area contributed by atoms with Crippen LogP contribution in [0.3, 0.4) is 0 Å². The van der Waals surface area contributed by atoms with Crippen LogP contribution in [0.25, 0.3) is 11.5 Å². The Hall–Kier alpha value is -3.42. The molecule has 1 aromatic carbocycles. The number of nitrogens with zero attached hydrogens (tertiary/aromatic N) is 4. The summed E-state index contributed by atoms with van der Waals surface area (Å²) in [4.78, 5) is 26.8. The second kappa shape index (κ2) is 8.72. The van der Waals surface area contributed by atoms with Gasteiger partial charge < -0.3 is 14.8 Å². The first-order valence-corrected chi connectivity index (χ1v) is 9.47. The molecule has 2 amide bonds. The number of hydrogen-bond acceptors (Lipinski definition) is 3. The predicted octanol–water partition coefficient (Wildman–Crippen LogP) is 2.79. The van der Waals surface area contributed by atoms with E-state index in [0.717, 1.165) is 0 Å². The van der Waals surface area contributed by atoms with Crippen LogP contribution in [-0.2, 0) is 4.79 Å². The molecule has 0 aliphatic carbocycles. The molecule has 2 heterocycles. The minimum atomic E-state index is -0.452. The Bertz CT molecular complexity index is 994. The van der Waals surface area contributed by atoms with Gasteiger partial charge in [0.1, 0.15) is 17.1 Å². The van der Waals surface area contributed by atoms with Crippen molar-refractivity contribution in [3.8, 4) is 11.5 Å². The fourth-order valence-electron chi connectivity index (χ4n) is 3.06. The highest BCUT2D eigenvalue weighted by Gasteiger charge is 2.25. The van der Waals surface area contributed by atoms with Crippen molar-refractivity contribution < 1.29 is 14.0 Å². The number of carbonyl (C=O) groups is 2. The highest BCUT2D eigenvalue weighted by atomic mass is 19.1. The van der Waals surface area contributed by atoms with Gasteiger partial charge in [-0.2, -0.15) is 5.10 Å². The molecule has 29 heavy (non-hydrogen) atoms. The number of hydrogen-bond donors (Lipinski definition) is 1. The van der Waals surface area contributed by atoms with Gasteiger partial charge in [-0.25, -0.2) is 9.07 Å². The maximum absolute atomic E-state index is 14.4. The lowest BCUT2D eigenvalue weighted by atomic mass is 10.2. The number of halogens is 1. The summed E-state index contributed by atoms with van der Waals surface area (Å²) in [6.45, 7) is 5.80. The van der Waals surface area contributed by atoms with Gasteiger partial charge in [-0.1, -0.05) is 12.1 Å². The molecule has 0 aliphatic rings. The Kier molecular flexibility index (Phi) is 6.11. The molecule has 0 spiro atoms. The van der Waals surface area contributed by atoms with Crippen molar-refractivity contribution in [3.63, 3.8) is 0 Å². The van der Waals surface area contributed by atoms with Gasteiger partial charge in [0.25, 0.3) is 5.91 Å². The molecule has 0 radical (unpaired) electrons. The normalized spacial score (nSPS) is 10.9. The fraction of sp³-hybridized carbons (Fsp3) is 0.286. The van der Waals surface area contributed by atoms with E-state index in [0.29, 0.717) is 12.4 Å². The largest absolute Gasteiger partial charge is 0.352 e. The van der Waals surface area contributed by atoms with Crippen molar-refractivity contribution in [1.29, 1.82) is 0 Å². The summed E-state index contributed by atoms with van der Waals surface area (Å²) in [5, 5.41) is 7.06. The maximum atomic E-state index is 14.4. The SMILES string of the molecule is CCN(CC(=O)NC(C)C)C(=O)c1cnn(-c2ccccc2F)c1-n1cccc1. The minimum Gasteiger partial charge on any atom is -0.352 e. The van der Waals surface area contributed by atoms with Crippen LogP contribution in [0.5, 0.6) is 0 Å². The van der Waals surface area contributed by atoms with Gasteiger partial charge in [0, 0.05) is 25.0 Å². The Morgan fingerprint density at radius 2 is 1.86 bits per heavy atom. The van der Waals surface area contributed by atoms with Crippen LogP contribution in [0, 0.1) is 5.82 Å². The van der Waals surface area contributed by atoms with Crippen molar-refractivity contribution in [2.75, 3.05) is 13.1 Å². The van der Waals surface area contributed by atoms with Crippen molar-refractivity contribution in [3.05, 3.63) is 66.4 Å². The monoisotopic (exact) mass is 397 g/mol. The molecule has 0 saturated carbocycles. The number of likely N-dealkylation sites (N-methyl/N-ethyl adjacent to an activating group) is 1. The average Bonchev–Trinajstić information content (AvgIpc) is 3.34. The highest BCUT2D eigenvalue weighted by molar-refractivity contribution is 5.99. The van der Waals surface area contributed by atoms with Gasteiger partial charge in [0.2, 0.25) is 5.91 Å². The van der Waals surface area contributed by atoms with Crippen LogP contribution >= 0.6 is 0 Å². The second-order valence-corrected chi connectivity index (χ2v) is 6.88. The fourth-order valence-corrected chi connectivity index (χ4v) is 3.06. The quantitative estimate of drug-likeness (QED) is 0.666. The Morgan fingerprint density at radius 1 is 1.17 bits per heavy atom. The molecule has 0 fully saturated rings. The molecule has 0 aliphatic heterocycles. The molecule has 152 valence electrons. The zero-order valence-corrected chi connectivity index (χ0v) is 16.7. The lowest BCUT2D eigenvalue weighted by molar-refractivity contribution is -0.122. The summed E-state index contributed by atoms with van der Waals surface area (Å²) >= 11 is 0. The third kappa shape index (κ3) is 4.37. The van der Waals surface area contributed by atoms with E-state index in [-0.39, 0.29) is 35.7 Å². The van der Waals surface area contributed by atoms with Gasteiger partial charge >= 0.3 is 0 Å². The van der Waals surface area contributed by atoms with Crippen LogP contribution < -0.4 is 5.32 Å². The molecule has 3 rings (SSSR count). The van der Waals surface area contributed by atoms with Gasteiger partial charge in [-0.3, -0.25) is 9.59 Å². The number of amides is 2. The molecule has 0 unspecified atom stereocenters. The van der Waals surface area contributed by atoms with Crippen LogP contribution in [0.4, 0.5) is 4.39 Å². The molecule has 0 bridgehead atoms. The zero-order valence-electron chi connectivity index (χ0n) is 16.7. The number of para-hydroxylation sites is 1. The molecule has 7 nitrogen and oxygen atoms in total. The van der Waals surface area contributed by atoms with E-state index < -0.39 is 5.82 Å². The first-order valence-electron chi connectivity index (χ1n) is 9.47. The smallest absolute Gasteiger partial charge is 0.259 e. The number of nitrogens with one attached hydrogen (secondary N) is 1. The van der Waals surface area contributed by atoms with Crippen LogP contribution in [0.2, 0.25) is 0 Å². The van der Waals surface area contributed by atoms with Gasteiger partial charge in [-0.15, -0.1) is 0 Å². The zero-order chi connectivity index (χ0) is 21.0. The van der Waals surface area contributed by atoms with Crippen molar-refractivity contribution in [2.45, 2.75) is 26.8 Å². The van der Waals surface area contributed by atoms with Gasteiger partial charge in [0.05, 0.1) is 12.7 Å². The molecular formula is C21H24FN5O2. The molecule has 3 aromatic rings. The van der Waals surface area contributed by atoms with Crippen LogP contribution in [-0.4, -0.2) is 50.2 Å². The summed E-state index contributed by atoms with van der Waals surface area (Å²) in [5.41, 5.74) is 0.513.